The fraction of sp³-hybridized carbons (Fsp3) is 0.250. The molecule has 3 rings (SSSR count). The van der Waals surface area contributed by atoms with E-state index >= 15 is 0 Å². The van der Waals surface area contributed by atoms with E-state index in [-0.39, 0.29) is 5.91 Å². The average molecular weight is 306 g/mol. The lowest BCUT2D eigenvalue weighted by Gasteiger charge is -2.11. The molecule has 3 heteroatoms. The largest absolute Gasteiger partial charge is 0.337 e. The Morgan fingerprint density at radius 1 is 1.04 bits per heavy atom. The second-order valence-corrected chi connectivity index (χ2v) is 6.07. The fourth-order valence-electron chi connectivity index (χ4n) is 3.34. The normalized spacial score (nSPS) is 11.0. The third-order valence-corrected chi connectivity index (χ3v) is 4.23. The maximum Gasteiger partial charge on any atom is 0.272 e. The van der Waals surface area contributed by atoms with E-state index in [4.69, 9.17) is 0 Å². The van der Waals surface area contributed by atoms with Crippen LogP contribution in [0.4, 0.5) is 5.69 Å². The van der Waals surface area contributed by atoms with Crippen molar-refractivity contribution in [1.82, 2.24) is 4.57 Å². The lowest BCUT2D eigenvalue weighted by Crippen LogP contribution is -2.18. The van der Waals surface area contributed by atoms with Crippen molar-refractivity contribution < 1.29 is 4.79 Å². The molecule has 0 bridgehead atoms. The Kier molecular flexibility index (Phi) is 3.95. The van der Waals surface area contributed by atoms with Gasteiger partial charge in [0.15, 0.2) is 0 Å². The Morgan fingerprint density at radius 2 is 1.70 bits per heavy atom. The molecule has 0 atom stereocenters. The number of para-hydroxylation sites is 1. The minimum atomic E-state index is -0.0504. The van der Waals surface area contributed by atoms with E-state index in [9.17, 15) is 4.79 Å². The van der Waals surface area contributed by atoms with Crippen LogP contribution in [0.15, 0.2) is 42.5 Å². The van der Waals surface area contributed by atoms with Gasteiger partial charge in [-0.3, -0.25) is 4.79 Å². The summed E-state index contributed by atoms with van der Waals surface area (Å²) in [4.78, 5) is 12.9. The molecule has 0 unspecified atom stereocenters. The molecule has 118 valence electrons. The predicted molar refractivity (Wildman–Crippen MR) is 96.2 cm³/mol. The molecule has 0 aliphatic rings. The SMILES string of the molecule is CCn1c(C(=O)Nc2cc(C)cc(C)c2)c(C)c2ccccc21. The summed E-state index contributed by atoms with van der Waals surface area (Å²) < 4.78 is 2.09. The van der Waals surface area contributed by atoms with E-state index in [0.29, 0.717) is 0 Å². The van der Waals surface area contributed by atoms with Crippen molar-refractivity contribution in [2.45, 2.75) is 34.2 Å². The van der Waals surface area contributed by atoms with Crippen molar-refractivity contribution in [1.29, 1.82) is 0 Å². The lowest BCUT2D eigenvalue weighted by molar-refractivity contribution is 0.101. The molecule has 3 nitrogen and oxygen atoms in total. The van der Waals surface area contributed by atoms with Gasteiger partial charge >= 0.3 is 0 Å². The maximum absolute atomic E-state index is 12.9. The minimum Gasteiger partial charge on any atom is -0.337 e. The number of anilines is 1. The number of hydrogen-bond acceptors (Lipinski definition) is 1. The van der Waals surface area contributed by atoms with Gasteiger partial charge in [0.1, 0.15) is 5.69 Å². The number of aromatic nitrogens is 1. The smallest absolute Gasteiger partial charge is 0.272 e. The summed E-state index contributed by atoms with van der Waals surface area (Å²) in [5.41, 5.74) is 6.02. The van der Waals surface area contributed by atoms with Crippen LogP contribution in [0.5, 0.6) is 0 Å². The molecule has 1 heterocycles. The van der Waals surface area contributed by atoms with E-state index in [1.54, 1.807) is 0 Å². The third kappa shape index (κ3) is 2.74. The molecule has 0 saturated heterocycles. The van der Waals surface area contributed by atoms with Gasteiger partial charge < -0.3 is 9.88 Å². The highest BCUT2D eigenvalue weighted by atomic mass is 16.2. The highest BCUT2D eigenvalue weighted by molar-refractivity contribution is 6.08. The van der Waals surface area contributed by atoms with Crippen molar-refractivity contribution >= 4 is 22.5 Å². The number of carbonyl (C=O) groups is 1. The first-order valence-electron chi connectivity index (χ1n) is 7.98. The molecule has 2 aromatic carbocycles. The number of nitrogens with one attached hydrogen (secondary N) is 1. The number of aryl methyl sites for hydroxylation is 4. The van der Waals surface area contributed by atoms with Crippen LogP contribution in [0, 0.1) is 20.8 Å². The maximum atomic E-state index is 12.9. The highest BCUT2D eigenvalue weighted by Crippen LogP contribution is 2.26. The molecule has 1 amide bonds. The minimum absolute atomic E-state index is 0.0504. The zero-order chi connectivity index (χ0) is 16.6. The van der Waals surface area contributed by atoms with Gasteiger partial charge in [-0.1, -0.05) is 24.3 Å². The van der Waals surface area contributed by atoms with Crippen molar-refractivity contribution in [3.8, 4) is 0 Å². The lowest BCUT2D eigenvalue weighted by atomic mass is 10.1. The molecule has 0 aliphatic heterocycles. The van der Waals surface area contributed by atoms with Gasteiger partial charge in [-0.15, -0.1) is 0 Å². The summed E-state index contributed by atoms with van der Waals surface area (Å²) in [7, 11) is 0. The number of carbonyl (C=O) groups excluding carboxylic acids is 1. The second kappa shape index (κ2) is 5.92. The van der Waals surface area contributed by atoms with Crippen molar-refractivity contribution in [2.75, 3.05) is 5.32 Å². The van der Waals surface area contributed by atoms with Crippen LogP contribution in [0.1, 0.15) is 34.1 Å². The molecule has 0 radical (unpaired) electrons. The van der Waals surface area contributed by atoms with Gasteiger partial charge in [0.05, 0.1) is 0 Å². The van der Waals surface area contributed by atoms with Crippen LogP contribution in [-0.4, -0.2) is 10.5 Å². The number of fused-ring (bicyclic) bond motifs is 1. The van der Waals surface area contributed by atoms with Crippen LogP contribution in [0.2, 0.25) is 0 Å². The van der Waals surface area contributed by atoms with Gasteiger partial charge in [-0.25, -0.2) is 0 Å². The number of nitrogens with zero attached hydrogens (tertiary/aromatic N) is 1. The first-order chi connectivity index (χ1) is 11.0. The zero-order valence-electron chi connectivity index (χ0n) is 14.1. The first kappa shape index (κ1) is 15.3. The van der Waals surface area contributed by atoms with Crippen LogP contribution >= 0.6 is 0 Å². The standard InChI is InChI=1S/C20H22N2O/c1-5-22-18-9-7-6-8-17(18)15(4)19(22)20(23)21-16-11-13(2)10-14(3)12-16/h6-12H,5H2,1-4H3,(H,21,23). The molecule has 3 aromatic rings. The van der Waals surface area contributed by atoms with Gasteiger partial charge in [-0.2, -0.15) is 0 Å². The monoisotopic (exact) mass is 306 g/mol. The van der Waals surface area contributed by atoms with Crippen LogP contribution in [0.3, 0.4) is 0 Å². The Hall–Kier alpha value is -2.55. The van der Waals surface area contributed by atoms with E-state index < -0.39 is 0 Å². The molecule has 0 aliphatic carbocycles. The van der Waals surface area contributed by atoms with Gasteiger partial charge in [0.2, 0.25) is 0 Å². The summed E-state index contributed by atoms with van der Waals surface area (Å²) in [6, 6.07) is 14.3. The van der Waals surface area contributed by atoms with E-state index in [1.165, 1.54) is 0 Å². The Morgan fingerprint density at radius 3 is 2.35 bits per heavy atom. The number of hydrogen-bond donors (Lipinski definition) is 1. The third-order valence-electron chi connectivity index (χ3n) is 4.23. The summed E-state index contributed by atoms with van der Waals surface area (Å²) in [5.74, 6) is -0.0504. The predicted octanol–water partition coefficient (Wildman–Crippen LogP) is 4.84. The fourth-order valence-corrected chi connectivity index (χ4v) is 3.34. The summed E-state index contributed by atoms with van der Waals surface area (Å²) in [6.45, 7) is 8.93. The Balaban J connectivity index is 2.05. The molecule has 23 heavy (non-hydrogen) atoms. The van der Waals surface area contributed by atoms with E-state index in [0.717, 1.165) is 45.5 Å². The molecular formula is C20H22N2O. The first-order valence-corrected chi connectivity index (χ1v) is 7.98. The topological polar surface area (TPSA) is 34.0 Å². The van der Waals surface area contributed by atoms with E-state index in [1.807, 2.05) is 45.0 Å². The molecule has 1 N–H and O–H groups in total. The van der Waals surface area contributed by atoms with Crippen LogP contribution in [0.25, 0.3) is 10.9 Å². The van der Waals surface area contributed by atoms with Crippen molar-refractivity contribution in [3.05, 3.63) is 64.8 Å². The number of rotatable bonds is 3. The Labute approximate surface area is 136 Å². The van der Waals surface area contributed by atoms with Crippen LogP contribution in [-0.2, 0) is 6.54 Å². The molecule has 0 saturated carbocycles. The molecule has 1 aromatic heterocycles. The van der Waals surface area contributed by atoms with Crippen LogP contribution < -0.4 is 5.32 Å². The highest BCUT2D eigenvalue weighted by Gasteiger charge is 2.19. The molecule has 0 spiro atoms. The van der Waals surface area contributed by atoms with Crippen molar-refractivity contribution in [2.24, 2.45) is 0 Å². The summed E-state index contributed by atoms with van der Waals surface area (Å²) in [6.07, 6.45) is 0. The van der Waals surface area contributed by atoms with Gasteiger partial charge in [-0.05, 0) is 62.6 Å². The Bertz CT molecular complexity index is 870. The van der Waals surface area contributed by atoms with E-state index in [2.05, 4.69) is 35.0 Å². The number of amides is 1. The second-order valence-electron chi connectivity index (χ2n) is 6.07. The zero-order valence-corrected chi connectivity index (χ0v) is 14.1. The number of benzene rings is 2. The van der Waals surface area contributed by atoms with Gasteiger partial charge in [0.25, 0.3) is 5.91 Å². The average Bonchev–Trinajstić information content (AvgIpc) is 2.79. The summed E-state index contributed by atoms with van der Waals surface area (Å²) >= 11 is 0. The quantitative estimate of drug-likeness (QED) is 0.738. The van der Waals surface area contributed by atoms with Gasteiger partial charge in [0, 0.05) is 23.1 Å². The van der Waals surface area contributed by atoms with Crippen molar-refractivity contribution in [3.63, 3.8) is 0 Å². The molecular weight excluding hydrogens is 284 g/mol. The molecule has 0 fully saturated rings. The summed E-state index contributed by atoms with van der Waals surface area (Å²) in [5, 5.41) is 4.20.